The minimum absolute atomic E-state index is 0.614. The molecule has 0 spiro atoms. The second kappa shape index (κ2) is 8.04. The van der Waals surface area contributed by atoms with Gasteiger partial charge in [0.05, 0.1) is 0 Å². The lowest BCUT2D eigenvalue weighted by Crippen LogP contribution is -2.38. The summed E-state index contributed by atoms with van der Waals surface area (Å²) in [5.74, 6) is 1.77. The molecule has 0 heterocycles. The Morgan fingerprint density at radius 1 is 0.792 bits per heavy atom. The Balaban J connectivity index is 1.42. The maximum absolute atomic E-state index is 4.25. The lowest BCUT2D eigenvalue weighted by Gasteiger charge is -2.13. The smallest absolute Gasteiger partial charge is 0.191 e. The lowest BCUT2D eigenvalue weighted by molar-refractivity contribution is 0.798. The van der Waals surface area contributed by atoms with Crippen LogP contribution in [0.1, 0.15) is 36.8 Å². The molecule has 0 atom stereocenters. The van der Waals surface area contributed by atoms with Gasteiger partial charge < -0.3 is 21.3 Å². The van der Waals surface area contributed by atoms with E-state index in [-0.39, 0.29) is 0 Å². The summed E-state index contributed by atoms with van der Waals surface area (Å²) in [6, 6.07) is 9.86. The van der Waals surface area contributed by atoms with Crippen LogP contribution in [0.5, 0.6) is 0 Å². The standard InChI is InChI=1S/C18H28N6/c1-19-17(23-15-7-8-15)21-11-13-3-5-14(6-4-13)12-22-18(20-2)24-16-9-10-16/h3-6,15-16H,7-12H2,1-2H3,(H2,19,21,23)(H2,20,22,24). The Bertz CT molecular complexity index is 531. The summed E-state index contributed by atoms with van der Waals surface area (Å²) in [7, 11) is 3.63. The maximum atomic E-state index is 4.25. The van der Waals surface area contributed by atoms with Gasteiger partial charge >= 0.3 is 0 Å². The quantitative estimate of drug-likeness (QED) is 0.470. The number of guanidine groups is 2. The van der Waals surface area contributed by atoms with Crippen LogP contribution in [-0.4, -0.2) is 38.1 Å². The Morgan fingerprint density at radius 2 is 1.17 bits per heavy atom. The van der Waals surface area contributed by atoms with Crippen LogP contribution in [0.2, 0.25) is 0 Å². The van der Waals surface area contributed by atoms with Crippen LogP contribution >= 0.6 is 0 Å². The van der Waals surface area contributed by atoms with Gasteiger partial charge in [-0.3, -0.25) is 9.98 Å². The minimum atomic E-state index is 0.614. The third-order valence-electron chi connectivity index (χ3n) is 4.23. The van der Waals surface area contributed by atoms with Crippen LogP contribution in [0.3, 0.4) is 0 Å². The predicted octanol–water partition coefficient (Wildman–Crippen LogP) is 1.34. The highest BCUT2D eigenvalue weighted by molar-refractivity contribution is 5.80. The zero-order valence-electron chi connectivity index (χ0n) is 14.6. The normalized spacial score (nSPS) is 18.2. The van der Waals surface area contributed by atoms with Crippen molar-refractivity contribution in [3.8, 4) is 0 Å². The fraction of sp³-hybridized carbons (Fsp3) is 0.556. The zero-order valence-corrected chi connectivity index (χ0v) is 14.6. The number of nitrogens with one attached hydrogen (secondary N) is 4. The summed E-state index contributed by atoms with van der Waals surface area (Å²) in [4.78, 5) is 8.50. The highest BCUT2D eigenvalue weighted by Gasteiger charge is 2.22. The number of nitrogens with zero attached hydrogens (tertiary/aromatic N) is 2. The first kappa shape index (κ1) is 16.6. The van der Waals surface area contributed by atoms with E-state index in [1.54, 1.807) is 0 Å². The molecule has 3 rings (SSSR count). The molecule has 6 nitrogen and oxygen atoms in total. The highest BCUT2D eigenvalue weighted by atomic mass is 15.2. The topological polar surface area (TPSA) is 72.8 Å². The molecule has 6 heteroatoms. The van der Waals surface area contributed by atoms with E-state index in [1.165, 1.54) is 36.8 Å². The summed E-state index contributed by atoms with van der Waals surface area (Å²) in [6.45, 7) is 1.57. The summed E-state index contributed by atoms with van der Waals surface area (Å²) in [6.07, 6.45) is 5.00. The number of rotatable bonds is 6. The monoisotopic (exact) mass is 328 g/mol. The number of hydrogen-bond acceptors (Lipinski definition) is 2. The molecular formula is C18H28N6. The van der Waals surface area contributed by atoms with Gasteiger partial charge in [0.1, 0.15) is 0 Å². The molecule has 2 fully saturated rings. The van der Waals surface area contributed by atoms with E-state index in [2.05, 4.69) is 55.5 Å². The van der Waals surface area contributed by atoms with Crippen LogP contribution in [-0.2, 0) is 13.1 Å². The van der Waals surface area contributed by atoms with Gasteiger partial charge in [-0.2, -0.15) is 0 Å². The molecule has 2 saturated carbocycles. The van der Waals surface area contributed by atoms with E-state index in [9.17, 15) is 0 Å². The largest absolute Gasteiger partial charge is 0.354 e. The van der Waals surface area contributed by atoms with Gasteiger partial charge in [-0.05, 0) is 36.8 Å². The fourth-order valence-electron chi connectivity index (χ4n) is 2.38. The molecule has 1 aromatic rings. The summed E-state index contributed by atoms with van der Waals surface area (Å²) in [5, 5.41) is 13.5. The summed E-state index contributed by atoms with van der Waals surface area (Å²) >= 11 is 0. The molecule has 0 bridgehead atoms. The molecule has 2 aliphatic carbocycles. The van der Waals surface area contributed by atoms with Crippen molar-refractivity contribution in [3.63, 3.8) is 0 Å². The van der Waals surface area contributed by atoms with Crippen molar-refractivity contribution in [1.29, 1.82) is 0 Å². The highest BCUT2D eigenvalue weighted by Crippen LogP contribution is 2.18. The van der Waals surface area contributed by atoms with Gasteiger partial charge in [-0.25, -0.2) is 0 Å². The Labute approximate surface area is 144 Å². The summed E-state index contributed by atoms with van der Waals surface area (Å²) in [5.41, 5.74) is 2.50. The van der Waals surface area contributed by atoms with Crippen LogP contribution < -0.4 is 21.3 Å². The van der Waals surface area contributed by atoms with Crippen molar-refractivity contribution in [3.05, 3.63) is 35.4 Å². The molecule has 130 valence electrons. The molecule has 4 N–H and O–H groups in total. The van der Waals surface area contributed by atoms with Crippen LogP contribution in [0.15, 0.2) is 34.3 Å². The average Bonchev–Trinajstić information content (AvgIpc) is 3.52. The van der Waals surface area contributed by atoms with Crippen molar-refractivity contribution in [2.45, 2.75) is 50.9 Å². The van der Waals surface area contributed by atoms with E-state index in [0.717, 1.165) is 25.0 Å². The zero-order chi connectivity index (χ0) is 16.8. The number of benzene rings is 1. The Kier molecular flexibility index (Phi) is 5.56. The Hall–Kier alpha value is -2.24. The van der Waals surface area contributed by atoms with Crippen molar-refractivity contribution >= 4 is 11.9 Å². The minimum Gasteiger partial charge on any atom is -0.354 e. The molecule has 0 aliphatic heterocycles. The van der Waals surface area contributed by atoms with Crippen molar-refractivity contribution in [1.82, 2.24) is 21.3 Å². The van der Waals surface area contributed by atoms with Crippen molar-refractivity contribution in [2.75, 3.05) is 14.1 Å². The fourth-order valence-corrected chi connectivity index (χ4v) is 2.38. The van der Waals surface area contributed by atoms with E-state index >= 15 is 0 Å². The molecule has 2 aliphatic rings. The third-order valence-corrected chi connectivity index (χ3v) is 4.23. The summed E-state index contributed by atoms with van der Waals surface area (Å²) < 4.78 is 0. The van der Waals surface area contributed by atoms with Gasteiger partial charge in [0.2, 0.25) is 0 Å². The third kappa shape index (κ3) is 5.44. The second-order valence-corrected chi connectivity index (χ2v) is 6.51. The van der Waals surface area contributed by atoms with Gasteiger partial charge in [-0.15, -0.1) is 0 Å². The molecular weight excluding hydrogens is 300 g/mol. The van der Waals surface area contributed by atoms with Crippen LogP contribution in [0, 0.1) is 0 Å². The van der Waals surface area contributed by atoms with E-state index in [4.69, 9.17) is 0 Å². The van der Waals surface area contributed by atoms with E-state index < -0.39 is 0 Å². The average molecular weight is 328 g/mol. The first-order valence-electron chi connectivity index (χ1n) is 8.79. The molecule has 24 heavy (non-hydrogen) atoms. The number of hydrogen-bond donors (Lipinski definition) is 4. The van der Waals surface area contributed by atoms with E-state index in [0.29, 0.717) is 12.1 Å². The molecule has 1 aromatic carbocycles. The van der Waals surface area contributed by atoms with Gasteiger partial charge in [-0.1, -0.05) is 24.3 Å². The number of aliphatic imine (C=N–C) groups is 2. The van der Waals surface area contributed by atoms with Crippen LogP contribution in [0.25, 0.3) is 0 Å². The molecule has 0 amide bonds. The van der Waals surface area contributed by atoms with E-state index in [1.807, 2.05) is 14.1 Å². The predicted molar refractivity (Wildman–Crippen MR) is 99.2 cm³/mol. The van der Waals surface area contributed by atoms with Gasteiger partial charge in [0.25, 0.3) is 0 Å². The first-order valence-corrected chi connectivity index (χ1v) is 8.79. The molecule has 0 aromatic heterocycles. The van der Waals surface area contributed by atoms with Crippen LogP contribution in [0.4, 0.5) is 0 Å². The first-order chi connectivity index (χ1) is 11.8. The van der Waals surface area contributed by atoms with Crippen molar-refractivity contribution in [2.24, 2.45) is 9.98 Å². The molecule has 0 saturated heterocycles. The Morgan fingerprint density at radius 3 is 1.46 bits per heavy atom. The SMILES string of the molecule is CN=C(NCc1ccc(CNC(=NC)NC2CC2)cc1)NC1CC1. The van der Waals surface area contributed by atoms with Gasteiger partial charge in [0.15, 0.2) is 11.9 Å². The molecule has 0 radical (unpaired) electrons. The van der Waals surface area contributed by atoms with Crippen molar-refractivity contribution < 1.29 is 0 Å². The van der Waals surface area contributed by atoms with Gasteiger partial charge in [0, 0.05) is 39.3 Å². The molecule has 0 unspecified atom stereocenters. The maximum Gasteiger partial charge on any atom is 0.191 e. The lowest BCUT2D eigenvalue weighted by atomic mass is 10.1. The second-order valence-electron chi connectivity index (χ2n) is 6.51.